The van der Waals surface area contributed by atoms with Crippen LogP contribution in [0.4, 0.5) is 13.2 Å². The van der Waals surface area contributed by atoms with Gasteiger partial charge in [0.2, 0.25) is 5.88 Å². The first-order valence-electron chi connectivity index (χ1n) is 6.64. The molecule has 114 valence electrons. The summed E-state index contributed by atoms with van der Waals surface area (Å²) in [4.78, 5) is 4.05. The first-order chi connectivity index (χ1) is 11.1. The molecule has 0 amide bonds. The average Bonchev–Trinajstić information content (AvgIpc) is 2.58. The monoisotopic (exact) mass is 314 g/mol. The van der Waals surface area contributed by atoms with Crippen LogP contribution >= 0.6 is 0 Å². The van der Waals surface area contributed by atoms with Gasteiger partial charge >= 0.3 is 0 Å². The van der Waals surface area contributed by atoms with Crippen LogP contribution in [0.5, 0.6) is 5.88 Å². The SMILES string of the molecule is N#Cc1ccc(COc2cccc(C3=C(F)C(F)=C3)n2)c(F)c1. The lowest BCUT2D eigenvalue weighted by atomic mass is 10.0. The molecule has 0 N–H and O–H groups in total. The predicted molar refractivity (Wildman–Crippen MR) is 76.9 cm³/mol. The lowest BCUT2D eigenvalue weighted by Gasteiger charge is -2.13. The Kier molecular flexibility index (Phi) is 3.85. The maximum Gasteiger partial charge on any atom is 0.214 e. The maximum absolute atomic E-state index is 13.7. The van der Waals surface area contributed by atoms with Crippen molar-refractivity contribution in [1.82, 2.24) is 4.98 Å². The number of hydrogen-bond donors (Lipinski definition) is 0. The van der Waals surface area contributed by atoms with Gasteiger partial charge in [0.25, 0.3) is 0 Å². The van der Waals surface area contributed by atoms with Crippen LogP contribution in [0, 0.1) is 17.1 Å². The minimum atomic E-state index is -0.937. The fourth-order valence-corrected chi connectivity index (χ4v) is 2.02. The van der Waals surface area contributed by atoms with Crippen LogP contribution in [0.3, 0.4) is 0 Å². The van der Waals surface area contributed by atoms with Crippen molar-refractivity contribution in [3.8, 4) is 11.9 Å². The molecule has 3 rings (SSSR count). The summed E-state index contributed by atoms with van der Waals surface area (Å²) in [6, 6.07) is 10.5. The van der Waals surface area contributed by atoms with Crippen LogP contribution in [0.1, 0.15) is 16.8 Å². The number of hydrogen-bond acceptors (Lipinski definition) is 3. The molecule has 0 atom stereocenters. The molecule has 23 heavy (non-hydrogen) atoms. The molecule has 1 aromatic carbocycles. The van der Waals surface area contributed by atoms with E-state index in [-0.39, 0.29) is 34.9 Å². The number of benzene rings is 1. The molecule has 1 aliphatic carbocycles. The van der Waals surface area contributed by atoms with Crippen LogP contribution in [0.15, 0.2) is 54.1 Å². The van der Waals surface area contributed by atoms with Crippen LogP contribution < -0.4 is 4.74 Å². The van der Waals surface area contributed by atoms with Gasteiger partial charge in [-0.05, 0) is 24.3 Å². The minimum Gasteiger partial charge on any atom is -0.473 e. The van der Waals surface area contributed by atoms with E-state index in [0.29, 0.717) is 0 Å². The lowest BCUT2D eigenvalue weighted by Crippen LogP contribution is -2.03. The van der Waals surface area contributed by atoms with Gasteiger partial charge in [0.15, 0.2) is 11.7 Å². The van der Waals surface area contributed by atoms with E-state index in [4.69, 9.17) is 10.00 Å². The van der Waals surface area contributed by atoms with Gasteiger partial charge in [0, 0.05) is 17.2 Å². The Bertz CT molecular complexity index is 882. The van der Waals surface area contributed by atoms with Crippen molar-refractivity contribution in [2.45, 2.75) is 6.61 Å². The Balaban J connectivity index is 1.74. The highest BCUT2D eigenvalue weighted by molar-refractivity contribution is 5.83. The van der Waals surface area contributed by atoms with Gasteiger partial charge in [-0.2, -0.15) is 5.26 Å². The summed E-state index contributed by atoms with van der Waals surface area (Å²) in [5.41, 5.74) is 0.781. The van der Waals surface area contributed by atoms with Crippen molar-refractivity contribution < 1.29 is 17.9 Å². The molecule has 0 unspecified atom stereocenters. The lowest BCUT2D eigenvalue weighted by molar-refractivity contribution is 0.288. The number of nitriles is 1. The highest BCUT2D eigenvalue weighted by Crippen LogP contribution is 2.36. The van der Waals surface area contributed by atoms with Gasteiger partial charge in [0.1, 0.15) is 12.4 Å². The molecule has 1 aromatic heterocycles. The maximum atomic E-state index is 13.7. The van der Waals surface area contributed by atoms with Crippen LogP contribution in [-0.4, -0.2) is 4.98 Å². The summed E-state index contributed by atoms with van der Waals surface area (Å²) in [6.45, 7) is -0.0975. The van der Waals surface area contributed by atoms with Gasteiger partial charge < -0.3 is 4.74 Å². The zero-order valence-corrected chi connectivity index (χ0v) is 11.7. The van der Waals surface area contributed by atoms with Crippen molar-refractivity contribution >= 4 is 5.57 Å². The van der Waals surface area contributed by atoms with Gasteiger partial charge in [-0.1, -0.05) is 12.1 Å². The first-order valence-corrected chi connectivity index (χ1v) is 6.64. The van der Waals surface area contributed by atoms with E-state index < -0.39 is 17.5 Å². The standard InChI is InChI=1S/C17H9F3N2O/c18-13-6-10(8-21)4-5-11(13)9-23-16-3-1-2-15(22-16)12-7-14(19)17(12)20/h1-7H,9H2. The zero-order chi connectivity index (χ0) is 16.4. The highest BCUT2D eigenvalue weighted by Gasteiger charge is 2.22. The first kappa shape index (κ1) is 14.9. The average molecular weight is 314 g/mol. The Labute approximate surface area is 130 Å². The fraction of sp³-hybridized carbons (Fsp3) is 0.0588. The second kappa shape index (κ2) is 5.97. The summed E-state index contributed by atoms with van der Waals surface area (Å²) in [6.07, 6.45) is 1.04. The molecule has 0 spiro atoms. The largest absolute Gasteiger partial charge is 0.473 e. The molecule has 0 radical (unpaired) electrons. The number of pyridine rings is 1. The van der Waals surface area contributed by atoms with Gasteiger partial charge in [-0.15, -0.1) is 0 Å². The molecule has 2 aromatic rings. The molecular weight excluding hydrogens is 305 g/mol. The number of halogens is 3. The van der Waals surface area contributed by atoms with Gasteiger partial charge in [-0.25, -0.2) is 18.2 Å². The predicted octanol–water partition coefficient (Wildman–Crippen LogP) is 4.22. The molecule has 1 aliphatic rings. The van der Waals surface area contributed by atoms with Crippen LogP contribution in [-0.2, 0) is 6.61 Å². The molecule has 3 nitrogen and oxygen atoms in total. The van der Waals surface area contributed by atoms with Crippen molar-refractivity contribution in [2.24, 2.45) is 0 Å². The second-order valence-electron chi connectivity index (χ2n) is 4.79. The van der Waals surface area contributed by atoms with E-state index in [9.17, 15) is 13.2 Å². The van der Waals surface area contributed by atoms with Crippen molar-refractivity contribution in [1.29, 1.82) is 5.26 Å². The number of allylic oxidation sites excluding steroid dienone is 4. The zero-order valence-electron chi connectivity index (χ0n) is 11.7. The summed E-state index contributed by atoms with van der Waals surface area (Å²) < 4.78 is 45.1. The molecule has 0 saturated heterocycles. The quantitative estimate of drug-likeness (QED) is 0.849. The van der Waals surface area contributed by atoms with Crippen LogP contribution in [0.25, 0.3) is 5.57 Å². The van der Waals surface area contributed by atoms with E-state index in [1.165, 1.54) is 24.3 Å². The van der Waals surface area contributed by atoms with Gasteiger partial charge in [-0.3, -0.25) is 0 Å². The highest BCUT2D eigenvalue weighted by atomic mass is 19.2. The summed E-state index contributed by atoms with van der Waals surface area (Å²) in [7, 11) is 0. The molecule has 0 saturated carbocycles. The van der Waals surface area contributed by atoms with E-state index in [2.05, 4.69) is 4.98 Å². The van der Waals surface area contributed by atoms with Crippen molar-refractivity contribution in [2.75, 3.05) is 0 Å². The Morgan fingerprint density at radius 2 is 1.96 bits per heavy atom. The third-order valence-electron chi connectivity index (χ3n) is 3.27. The van der Waals surface area contributed by atoms with Crippen molar-refractivity contribution in [3.05, 3.63) is 76.8 Å². The third-order valence-corrected chi connectivity index (χ3v) is 3.27. The molecule has 0 fully saturated rings. The molecule has 6 heteroatoms. The molecular formula is C17H9F3N2O. The van der Waals surface area contributed by atoms with Crippen LogP contribution in [0.2, 0.25) is 0 Å². The third kappa shape index (κ3) is 2.94. The Morgan fingerprint density at radius 3 is 2.61 bits per heavy atom. The summed E-state index contributed by atoms with van der Waals surface area (Å²) >= 11 is 0. The second-order valence-corrected chi connectivity index (χ2v) is 4.79. The summed E-state index contributed by atoms with van der Waals surface area (Å²) in [5.74, 6) is -2.24. The smallest absolute Gasteiger partial charge is 0.214 e. The number of nitrogens with zero attached hydrogens (tertiary/aromatic N) is 2. The van der Waals surface area contributed by atoms with E-state index in [1.54, 1.807) is 6.07 Å². The Morgan fingerprint density at radius 1 is 1.13 bits per heavy atom. The van der Waals surface area contributed by atoms with Crippen molar-refractivity contribution in [3.63, 3.8) is 0 Å². The number of ether oxygens (including phenoxy) is 1. The van der Waals surface area contributed by atoms with E-state index in [1.807, 2.05) is 6.07 Å². The topological polar surface area (TPSA) is 45.9 Å². The van der Waals surface area contributed by atoms with E-state index >= 15 is 0 Å². The molecule has 0 aliphatic heterocycles. The van der Waals surface area contributed by atoms with Gasteiger partial charge in [0.05, 0.1) is 17.3 Å². The van der Waals surface area contributed by atoms with E-state index in [0.717, 1.165) is 12.1 Å². The minimum absolute atomic E-state index is 0.0671. The molecule has 1 heterocycles. The normalized spacial score (nSPS) is 13.2. The Hall–Kier alpha value is -3.07. The number of aromatic nitrogens is 1. The summed E-state index contributed by atoms with van der Waals surface area (Å²) in [5, 5.41) is 8.69. The molecule has 0 bridgehead atoms. The number of rotatable bonds is 4. The fourth-order valence-electron chi connectivity index (χ4n) is 2.02.